The van der Waals surface area contributed by atoms with Crippen LogP contribution in [0.2, 0.25) is 5.02 Å². The zero-order valence-corrected chi connectivity index (χ0v) is 13.1. The first kappa shape index (κ1) is 16.3. The molecular formula is C18H18ClNO2. The molecule has 2 rings (SSSR count). The summed E-state index contributed by atoms with van der Waals surface area (Å²) in [6.07, 6.45) is 0. The smallest absolute Gasteiger partial charge is 0.335 e. The van der Waals surface area contributed by atoms with E-state index >= 15 is 0 Å². The fourth-order valence-corrected chi connectivity index (χ4v) is 2.29. The number of rotatable bonds is 6. The molecule has 0 saturated heterocycles. The molecule has 22 heavy (non-hydrogen) atoms. The maximum Gasteiger partial charge on any atom is 0.335 e. The molecule has 0 bridgehead atoms. The lowest BCUT2D eigenvalue weighted by Crippen LogP contribution is -2.26. The first-order chi connectivity index (χ1) is 10.6. The van der Waals surface area contributed by atoms with Gasteiger partial charge in [0.05, 0.1) is 18.7 Å². The van der Waals surface area contributed by atoms with Crippen LogP contribution >= 0.6 is 11.6 Å². The second-order valence-electron chi connectivity index (χ2n) is 4.87. The first-order valence-electron chi connectivity index (χ1n) is 6.91. The Morgan fingerprint density at radius 1 is 1.18 bits per heavy atom. The lowest BCUT2D eigenvalue weighted by atomic mass is 9.99. The first-order valence-corrected chi connectivity index (χ1v) is 7.29. The molecule has 0 heterocycles. The lowest BCUT2D eigenvalue weighted by Gasteiger charge is -2.20. The molecule has 114 valence electrons. The summed E-state index contributed by atoms with van der Waals surface area (Å²) in [5, 5.41) is 3.99. The van der Waals surface area contributed by atoms with Gasteiger partial charge in [-0.05, 0) is 23.3 Å². The summed E-state index contributed by atoms with van der Waals surface area (Å²) in [4.78, 5) is 11.8. The van der Waals surface area contributed by atoms with Crippen LogP contribution in [0.5, 0.6) is 0 Å². The number of carbonyl (C=O) groups excluding carboxylic acids is 1. The molecule has 0 amide bonds. The Morgan fingerprint density at radius 2 is 1.82 bits per heavy atom. The van der Waals surface area contributed by atoms with E-state index in [1.165, 1.54) is 7.11 Å². The number of nitrogens with one attached hydrogen (secondary N) is 1. The molecule has 0 spiro atoms. The second kappa shape index (κ2) is 7.78. The Balaban J connectivity index is 2.19. The fraction of sp³-hybridized carbons (Fsp3) is 0.167. The van der Waals surface area contributed by atoms with Gasteiger partial charge in [0.2, 0.25) is 0 Å². The number of ether oxygens (including phenoxy) is 1. The van der Waals surface area contributed by atoms with Crippen molar-refractivity contribution in [2.45, 2.75) is 12.6 Å². The summed E-state index contributed by atoms with van der Waals surface area (Å²) in [5.74, 6) is -0.430. The third-order valence-corrected chi connectivity index (χ3v) is 3.60. The molecule has 2 aromatic carbocycles. The van der Waals surface area contributed by atoms with Gasteiger partial charge < -0.3 is 10.1 Å². The molecule has 2 aromatic rings. The highest BCUT2D eigenvalue weighted by atomic mass is 35.5. The minimum absolute atomic E-state index is 0.329. The highest BCUT2D eigenvalue weighted by Gasteiger charge is 2.21. The van der Waals surface area contributed by atoms with E-state index < -0.39 is 5.97 Å². The number of methoxy groups -OCH3 is 1. The number of hydrogen-bond donors (Lipinski definition) is 1. The second-order valence-corrected chi connectivity index (χ2v) is 5.30. The Morgan fingerprint density at radius 3 is 2.41 bits per heavy atom. The van der Waals surface area contributed by atoms with Crippen molar-refractivity contribution in [1.29, 1.82) is 0 Å². The molecule has 1 atom stereocenters. The van der Waals surface area contributed by atoms with Gasteiger partial charge in [0.25, 0.3) is 0 Å². The summed E-state index contributed by atoms with van der Waals surface area (Å²) in [5.41, 5.74) is 2.40. The third-order valence-electron chi connectivity index (χ3n) is 3.35. The van der Waals surface area contributed by atoms with Crippen molar-refractivity contribution in [1.82, 2.24) is 5.32 Å². The average Bonchev–Trinajstić information content (AvgIpc) is 2.56. The SMILES string of the molecule is C=C(C(=O)OC)C(NCc1ccccc1)c1ccc(Cl)cc1. The fourth-order valence-electron chi connectivity index (χ4n) is 2.16. The van der Waals surface area contributed by atoms with Crippen LogP contribution in [0.4, 0.5) is 0 Å². The van der Waals surface area contributed by atoms with Gasteiger partial charge in [0.1, 0.15) is 0 Å². The monoisotopic (exact) mass is 315 g/mol. The molecule has 0 aliphatic rings. The summed E-state index contributed by atoms with van der Waals surface area (Å²) < 4.78 is 4.79. The molecule has 4 heteroatoms. The van der Waals surface area contributed by atoms with Crippen LogP contribution in [0.25, 0.3) is 0 Å². The van der Waals surface area contributed by atoms with E-state index in [9.17, 15) is 4.79 Å². The van der Waals surface area contributed by atoms with Crippen LogP contribution in [0.15, 0.2) is 66.7 Å². The van der Waals surface area contributed by atoms with E-state index in [2.05, 4.69) is 11.9 Å². The number of hydrogen-bond acceptors (Lipinski definition) is 3. The molecule has 0 aromatic heterocycles. The Hall–Kier alpha value is -2.10. The number of benzene rings is 2. The van der Waals surface area contributed by atoms with Crippen molar-refractivity contribution in [2.75, 3.05) is 7.11 Å². The number of carbonyl (C=O) groups is 1. The third kappa shape index (κ3) is 4.20. The van der Waals surface area contributed by atoms with Gasteiger partial charge in [-0.3, -0.25) is 0 Å². The zero-order valence-electron chi connectivity index (χ0n) is 12.4. The largest absolute Gasteiger partial charge is 0.466 e. The Bertz CT molecular complexity index is 638. The van der Waals surface area contributed by atoms with Gasteiger partial charge in [0, 0.05) is 11.6 Å². The van der Waals surface area contributed by atoms with Crippen LogP contribution in [0, 0.1) is 0 Å². The number of halogens is 1. The number of esters is 1. The molecule has 1 N–H and O–H groups in total. The molecule has 0 aliphatic carbocycles. The van der Waals surface area contributed by atoms with Crippen LogP contribution in [0.1, 0.15) is 17.2 Å². The van der Waals surface area contributed by atoms with Crippen LogP contribution in [-0.2, 0) is 16.1 Å². The standard InChI is InChI=1S/C18H18ClNO2/c1-13(18(21)22-2)17(15-8-10-16(19)11-9-15)20-12-14-6-4-3-5-7-14/h3-11,17,20H,1,12H2,2H3. The average molecular weight is 316 g/mol. The van der Waals surface area contributed by atoms with Gasteiger partial charge in [-0.15, -0.1) is 0 Å². The van der Waals surface area contributed by atoms with Crippen LogP contribution in [-0.4, -0.2) is 13.1 Å². The highest BCUT2D eigenvalue weighted by Crippen LogP contribution is 2.23. The summed E-state index contributed by atoms with van der Waals surface area (Å²) in [6, 6.07) is 17.0. The molecule has 1 unspecified atom stereocenters. The zero-order chi connectivity index (χ0) is 15.9. The van der Waals surface area contributed by atoms with Crippen molar-refractivity contribution >= 4 is 17.6 Å². The maximum atomic E-state index is 11.8. The van der Waals surface area contributed by atoms with Crippen LogP contribution < -0.4 is 5.32 Å². The minimum Gasteiger partial charge on any atom is -0.466 e. The van der Waals surface area contributed by atoms with Crippen molar-refractivity contribution in [3.05, 3.63) is 82.9 Å². The van der Waals surface area contributed by atoms with Gasteiger partial charge in [-0.25, -0.2) is 4.79 Å². The van der Waals surface area contributed by atoms with Gasteiger partial charge >= 0.3 is 5.97 Å². The lowest BCUT2D eigenvalue weighted by molar-refractivity contribution is -0.136. The van der Waals surface area contributed by atoms with Crippen molar-refractivity contribution < 1.29 is 9.53 Å². The van der Waals surface area contributed by atoms with Crippen molar-refractivity contribution in [3.63, 3.8) is 0 Å². The normalized spacial score (nSPS) is 11.7. The van der Waals surface area contributed by atoms with E-state index in [1.54, 1.807) is 12.1 Å². The summed E-state index contributed by atoms with van der Waals surface area (Å²) in [7, 11) is 1.35. The molecular weight excluding hydrogens is 298 g/mol. The molecule has 0 saturated carbocycles. The predicted molar refractivity (Wildman–Crippen MR) is 88.6 cm³/mol. The van der Waals surface area contributed by atoms with Gasteiger partial charge in [-0.1, -0.05) is 60.6 Å². The molecule has 3 nitrogen and oxygen atoms in total. The topological polar surface area (TPSA) is 38.3 Å². The van der Waals surface area contributed by atoms with Gasteiger partial charge in [0.15, 0.2) is 0 Å². The van der Waals surface area contributed by atoms with Crippen molar-refractivity contribution in [2.24, 2.45) is 0 Å². The van der Waals surface area contributed by atoms with E-state index in [0.29, 0.717) is 17.1 Å². The van der Waals surface area contributed by atoms with Crippen LogP contribution in [0.3, 0.4) is 0 Å². The quantitative estimate of drug-likeness (QED) is 0.649. The Labute approximate surface area is 135 Å². The van der Waals surface area contributed by atoms with Gasteiger partial charge in [-0.2, -0.15) is 0 Å². The maximum absolute atomic E-state index is 11.8. The highest BCUT2D eigenvalue weighted by molar-refractivity contribution is 6.30. The Kier molecular flexibility index (Phi) is 5.75. The predicted octanol–water partition coefficient (Wildman–Crippen LogP) is 3.90. The molecule has 0 fully saturated rings. The molecule has 0 aliphatic heterocycles. The van der Waals surface area contributed by atoms with Crippen molar-refractivity contribution in [3.8, 4) is 0 Å². The van der Waals surface area contributed by atoms with E-state index in [4.69, 9.17) is 16.3 Å². The van der Waals surface area contributed by atoms with E-state index in [1.807, 2.05) is 42.5 Å². The molecule has 0 radical (unpaired) electrons. The minimum atomic E-state index is -0.430. The summed E-state index contributed by atoms with van der Waals surface area (Å²) in [6.45, 7) is 4.48. The van der Waals surface area contributed by atoms with E-state index in [0.717, 1.165) is 11.1 Å². The summed E-state index contributed by atoms with van der Waals surface area (Å²) >= 11 is 5.92. The van der Waals surface area contributed by atoms with E-state index in [-0.39, 0.29) is 6.04 Å².